The zero-order valence-electron chi connectivity index (χ0n) is 11.9. The van der Waals surface area contributed by atoms with Crippen LogP contribution in [0, 0.1) is 6.92 Å². The molecule has 1 aromatic heterocycles. The second-order valence-corrected chi connectivity index (χ2v) is 5.41. The van der Waals surface area contributed by atoms with Gasteiger partial charge in [-0.2, -0.15) is 0 Å². The first kappa shape index (κ1) is 15.2. The molecular weight excluding hydrogens is 290 g/mol. The summed E-state index contributed by atoms with van der Waals surface area (Å²) in [6.07, 6.45) is 1.92. The van der Waals surface area contributed by atoms with Gasteiger partial charge in [0.15, 0.2) is 0 Å². The number of thioether (sulfide) groups is 1. The molecule has 2 rings (SSSR count). The van der Waals surface area contributed by atoms with Gasteiger partial charge in [0.2, 0.25) is 5.91 Å². The van der Waals surface area contributed by atoms with Gasteiger partial charge < -0.3 is 20.2 Å². The minimum Gasteiger partial charge on any atom is -0.495 e. The number of nitrogen functional groups attached to an aromatic ring is 1. The Labute approximate surface area is 127 Å². The second-order valence-electron chi connectivity index (χ2n) is 4.36. The van der Waals surface area contributed by atoms with Gasteiger partial charge in [-0.3, -0.25) is 4.79 Å². The van der Waals surface area contributed by atoms with Crippen molar-refractivity contribution in [3.05, 3.63) is 30.2 Å². The van der Waals surface area contributed by atoms with Crippen molar-refractivity contribution in [2.75, 3.05) is 23.9 Å². The number of aromatic nitrogens is 1. The Morgan fingerprint density at radius 3 is 3.00 bits per heavy atom. The summed E-state index contributed by atoms with van der Waals surface area (Å²) < 4.78 is 10.4. The van der Waals surface area contributed by atoms with Crippen molar-refractivity contribution < 1.29 is 13.9 Å². The van der Waals surface area contributed by atoms with E-state index in [4.69, 9.17) is 14.9 Å². The summed E-state index contributed by atoms with van der Waals surface area (Å²) in [4.78, 5) is 16.1. The first-order valence-electron chi connectivity index (χ1n) is 6.37. The maximum atomic E-state index is 11.9. The Bertz CT molecular complexity index is 628. The molecule has 0 fully saturated rings. The average molecular weight is 307 g/mol. The highest BCUT2D eigenvalue weighted by Gasteiger charge is 2.09. The molecule has 0 aliphatic heterocycles. The monoisotopic (exact) mass is 307 g/mol. The Morgan fingerprint density at radius 2 is 2.33 bits per heavy atom. The largest absolute Gasteiger partial charge is 0.495 e. The molecular formula is C14H17N3O3S. The molecule has 3 N–H and O–H groups in total. The molecule has 1 amide bonds. The van der Waals surface area contributed by atoms with E-state index in [0.29, 0.717) is 34.5 Å². The molecule has 0 spiro atoms. The highest BCUT2D eigenvalue weighted by molar-refractivity contribution is 7.99. The van der Waals surface area contributed by atoms with Crippen LogP contribution in [0.3, 0.4) is 0 Å². The molecule has 6 nitrogen and oxygen atoms in total. The molecule has 0 saturated heterocycles. The van der Waals surface area contributed by atoms with E-state index in [1.165, 1.54) is 11.8 Å². The first-order valence-corrected chi connectivity index (χ1v) is 7.35. The first-order chi connectivity index (χ1) is 10.1. The number of aryl methyl sites for hydroxylation is 1. The van der Waals surface area contributed by atoms with Crippen LogP contribution >= 0.6 is 11.8 Å². The van der Waals surface area contributed by atoms with Crippen LogP contribution in [-0.2, 0) is 4.79 Å². The number of benzene rings is 1. The number of anilines is 2. The molecule has 0 atom stereocenters. The van der Waals surface area contributed by atoms with Crippen molar-refractivity contribution >= 4 is 29.0 Å². The van der Waals surface area contributed by atoms with Crippen LogP contribution in [-0.4, -0.2) is 23.8 Å². The summed E-state index contributed by atoms with van der Waals surface area (Å²) >= 11 is 1.40. The fourth-order valence-corrected chi connectivity index (χ4v) is 2.45. The van der Waals surface area contributed by atoms with E-state index in [-0.39, 0.29) is 5.91 Å². The third-order valence-corrected chi connectivity index (χ3v) is 3.49. The van der Waals surface area contributed by atoms with Crippen molar-refractivity contribution in [2.24, 2.45) is 0 Å². The molecule has 0 unspecified atom stereocenters. The van der Waals surface area contributed by atoms with E-state index in [1.54, 1.807) is 31.6 Å². The zero-order valence-corrected chi connectivity index (χ0v) is 12.7. The van der Waals surface area contributed by atoms with Crippen LogP contribution in [0.25, 0.3) is 0 Å². The number of hydrogen-bond acceptors (Lipinski definition) is 6. The molecule has 7 heteroatoms. The molecule has 21 heavy (non-hydrogen) atoms. The lowest BCUT2D eigenvalue weighted by atomic mass is 10.2. The molecule has 1 heterocycles. The van der Waals surface area contributed by atoms with Crippen molar-refractivity contribution in [1.29, 1.82) is 0 Å². The number of hydrogen-bond donors (Lipinski definition) is 2. The highest BCUT2D eigenvalue weighted by atomic mass is 32.2. The number of nitrogens with two attached hydrogens (primary N) is 1. The van der Waals surface area contributed by atoms with E-state index < -0.39 is 0 Å². The fraction of sp³-hybridized carbons (Fsp3) is 0.286. The second kappa shape index (κ2) is 7.03. The van der Waals surface area contributed by atoms with Crippen molar-refractivity contribution in [3.63, 3.8) is 0 Å². The number of oxazole rings is 1. The van der Waals surface area contributed by atoms with E-state index in [9.17, 15) is 4.79 Å². The Hall–Kier alpha value is -2.15. The van der Waals surface area contributed by atoms with Crippen LogP contribution in [0.2, 0.25) is 0 Å². The standard InChI is InChI=1S/C14H17N3O3S/c1-9-8-20-14(16-9)21-6-5-13(18)17-11-7-10(15)3-4-12(11)19-2/h3-4,7-8H,5-6,15H2,1-2H3,(H,17,18). The Kier molecular flexibility index (Phi) is 5.10. The lowest BCUT2D eigenvalue weighted by Crippen LogP contribution is -2.13. The Balaban J connectivity index is 1.85. The topological polar surface area (TPSA) is 90.4 Å². The highest BCUT2D eigenvalue weighted by Crippen LogP contribution is 2.26. The van der Waals surface area contributed by atoms with Crippen molar-refractivity contribution in [1.82, 2.24) is 4.98 Å². The summed E-state index contributed by atoms with van der Waals surface area (Å²) in [5, 5.41) is 3.36. The fourth-order valence-electron chi connectivity index (χ4n) is 1.67. The molecule has 0 aliphatic rings. The lowest BCUT2D eigenvalue weighted by Gasteiger charge is -2.10. The maximum Gasteiger partial charge on any atom is 0.255 e. The van der Waals surface area contributed by atoms with Gasteiger partial charge in [-0.15, -0.1) is 0 Å². The average Bonchev–Trinajstić information content (AvgIpc) is 2.85. The van der Waals surface area contributed by atoms with Gasteiger partial charge in [0.1, 0.15) is 12.0 Å². The summed E-state index contributed by atoms with van der Waals surface area (Å²) in [7, 11) is 1.54. The van der Waals surface area contributed by atoms with Gasteiger partial charge in [-0.1, -0.05) is 11.8 Å². The SMILES string of the molecule is COc1ccc(N)cc1NC(=O)CCSc1nc(C)co1. The number of carbonyl (C=O) groups is 1. The minimum atomic E-state index is -0.116. The van der Waals surface area contributed by atoms with Gasteiger partial charge in [0, 0.05) is 17.9 Å². The van der Waals surface area contributed by atoms with Crippen molar-refractivity contribution in [3.8, 4) is 5.75 Å². The van der Waals surface area contributed by atoms with E-state index in [2.05, 4.69) is 10.3 Å². The molecule has 1 aromatic carbocycles. The number of nitrogens with one attached hydrogen (secondary N) is 1. The van der Waals surface area contributed by atoms with Crippen LogP contribution in [0.1, 0.15) is 12.1 Å². The summed E-state index contributed by atoms with van der Waals surface area (Å²) in [5.74, 6) is 1.04. The number of methoxy groups -OCH3 is 1. The summed E-state index contributed by atoms with van der Waals surface area (Å²) in [6.45, 7) is 1.85. The molecule has 0 bridgehead atoms. The predicted octanol–water partition coefficient (Wildman–Crippen LogP) is 2.69. The number of amides is 1. The van der Waals surface area contributed by atoms with Crippen LogP contribution in [0.5, 0.6) is 5.75 Å². The predicted molar refractivity (Wildman–Crippen MR) is 82.6 cm³/mol. The van der Waals surface area contributed by atoms with Crippen molar-refractivity contribution in [2.45, 2.75) is 18.6 Å². The molecule has 112 valence electrons. The molecule has 0 radical (unpaired) electrons. The lowest BCUT2D eigenvalue weighted by molar-refractivity contribution is -0.115. The normalized spacial score (nSPS) is 10.4. The summed E-state index contributed by atoms with van der Waals surface area (Å²) in [5.41, 5.74) is 7.66. The third-order valence-electron chi connectivity index (χ3n) is 2.65. The number of carbonyl (C=O) groups excluding carboxylic acids is 1. The smallest absolute Gasteiger partial charge is 0.255 e. The van der Waals surface area contributed by atoms with Gasteiger partial charge in [-0.25, -0.2) is 4.98 Å². The maximum absolute atomic E-state index is 11.9. The number of rotatable bonds is 6. The van der Waals surface area contributed by atoms with Gasteiger partial charge >= 0.3 is 0 Å². The number of ether oxygens (including phenoxy) is 1. The minimum absolute atomic E-state index is 0.116. The quantitative estimate of drug-likeness (QED) is 0.630. The molecule has 2 aromatic rings. The van der Waals surface area contributed by atoms with Crippen LogP contribution in [0.4, 0.5) is 11.4 Å². The third kappa shape index (κ3) is 4.42. The van der Waals surface area contributed by atoms with Gasteiger partial charge in [-0.05, 0) is 25.1 Å². The van der Waals surface area contributed by atoms with E-state index in [1.807, 2.05) is 6.92 Å². The molecule has 0 saturated carbocycles. The van der Waals surface area contributed by atoms with E-state index >= 15 is 0 Å². The van der Waals surface area contributed by atoms with Crippen LogP contribution < -0.4 is 15.8 Å². The number of nitrogens with zero attached hydrogens (tertiary/aromatic N) is 1. The Morgan fingerprint density at radius 1 is 1.52 bits per heavy atom. The van der Waals surface area contributed by atoms with Gasteiger partial charge in [0.25, 0.3) is 5.22 Å². The summed E-state index contributed by atoms with van der Waals surface area (Å²) in [6, 6.07) is 5.10. The van der Waals surface area contributed by atoms with Gasteiger partial charge in [0.05, 0.1) is 18.5 Å². The molecule has 0 aliphatic carbocycles. The zero-order chi connectivity index (χ0) is 15.2. The van der Waals surface area contributed by atoms with E-state index in [0.717, 1.165) is 5.69 Å². The van der Waals surface area contributed by atoms with Crippen LogP contribution in [0.15, 0.2) is 34.1 Å².